The SMILES string of the molecule is C[C@H]1OC2(CC[C@H](c3ccccc3)C2)O[C@@]1(I)c1ccccc1. The molecule has 4 atom stereocenters. The van der Waals surface area contributed by atoms with Gasteiger partial charge in [0, 0.05) is 12.8 Å². The largest absolute Gasteiger partial charge is 0.343 e. The number of hydrogen-bond acceptors (Lipinski definition) is 2. The quantitative estimate of drug-likeness (QED) is 0.480. The smallest absolute Gasteiger partial charge is 0.173 e. The molecule has 1 unspecified atom stereocenters. The van der Waals surface area contributed by atoms with E-state index in [1.807, 2.05) is 6.07 Å². The number of alkyl halides is 1. The van der Waals surface area contributed by atoms with Gasteiger partial charge in [-0.1, -0.05) is 60.7 Å². The molecule has 1 saturated carbocycles. The van der Waals surface area contributed by atoms with Crippen molar-refractivity contribution in [3.05, 3.63) is 71.8 Å². The lowest BCUT2D eigenvalue weighted by Gasteiger charge is -2.27. The van der Waals surface area contributed by atoms with Gasteiger partial charge in [0.1, 0.15) is 6.10 Å². The topological polar surface area (TPSA) is 18.5 Å². The first-order valence-electron chi connectivity index (χ1n) is 8.29. The molecule has 0 aromatic heterocycles. The minimum Gasteiger partial charge on any atom is -0.343 e. The molecule has 4 rings (SSSR count). The lowest BCUT2D eigenvalue weighted by molar-refractivity contribution is -0.171. The number of halogens is 1. The summed E-state index contributed by atoms with van der Waals surface area (Å²) in [5, 5.41) is 0. The molecule has 2 nitrogen and oxygen atoms in total. The number of ether oxygens (including phenoxy) is 2. The molecule has 23 heavy (non-hydrogen) atoms. The Balaban J connectivity index is 1.58. The van der Waals surface area contributed by atoms with Crippen molar-refractivity contribution in [2.75, 3.05) is 0 Å². The van der Waals surface area contributed by atoms with Crippen LogP contribution in [0, 0.1) is 0 Å². The van der Waals surface area contributed by atoms with Crippen LogP contribution in [-0.2, 0) is 13.1 Å². The van der Waals surface area contributed by atoms with Crippen molar-refractivity contribution in [1.29, 1.82) is 0 Å². The third-order valence-electron chi connectivity index (χ3n) is 5.12. The maximum absolute atomic E-state index is 6.61. The lowest BCUT2D eigenvalue weighted by atomic mass is 9.97. The molecule has 1 spiro atoms. The van der Waals surface area contributed by atoms with Gasteiger partial charge in [0.15, 0.2) is 9.39 Å². The van der Waals surface area contributed by atoms with Gasteiger partial charge in [-0.15, -0.1) is 0 Å². The van der Waals surface area contributed by atoms with Crippen LogP contribution in [-0.4, -0.2) is 11.9 Å². The van der Waals surface area contributed by atoms with E-state index in [0.29, 0.717) is 5.92 Å². The van der Waals surface area contributed by atoms with Gasteiger partial charge >= 0.3 is 0 Å². The summed E-state index contributed by atoms with van der Waals surface area (Å²) in [5.41, 5.74) is 2.59. The van der Waals surface area contributed by atoms with E-state index in [1.54, 1.807) is 0 Å². The summed E-state index contributed by atoms with van der Waals surface area (Å²) in [6, 6.07) is 21.2. The first-order valence-corrected chi connectivity index (χ1v) is 9.37. The van der Waals surface area contributed by atoms with E-state index in [2.05, 4.69) is 84.1 Å². The van der Waals surface area contributed by atoms with Crippen molar-refractivity contribution in [2.24, 2.45) is 0 Å². The Morgan fingerprint density at radius 3 is 2.35 bits per heavy atom. The van der Waals surface area contributed by atoms with Crippen molar-refractivity contribution in [3.63, 3.8) is 0 Å². The molecule has 1 saturated heterocycles. The van der Waals surface area contributed by atoms with Gasteiger partial charge in [-0.3, -0.25) is 0 Å². The van der Waals surface area contributed by atoms with Crippen LogP contribution >= 0.6 is 22.6 Å². The van der Waals surface area contributed by atoms with Gasteiger partial charge in [0.05, 0.1) is 0 Å². The van der Waals surface area contributed by atoms with Gasteiger partial charge in [0.2, 0.25) is 0 Å². The highest BCUT2D eigenvalue weighted by atomic mass is 127. The summed E-state index contributed by atoms with van der Waals surface area (Å²) in [4.78, 5) is 0. The average Bonchev–Trinajstić information content (AvgIpc) is 3.11. The Bertz CT molecular complexity index is 675. The van der Waals surface area contributed by atoms with Crippen LogP contribution in [0.25, 0.3) is 0 Å². The van der Waals surface area contributed by atoms with Crippen molar-refractivity contribution >= 4 is 22.6 Å². The van der Waals surface area contributed by atoms with Gasteiger partial charge in [-0.2, -0.15) is 0 Å². The highest BCUT2D eigenvalue weighted by molar-refractivity contribution is 14.1. The Labute approximate surface area is 151 Å². The molecule has 2 fully saturated rings. The summed E-state index contributed by atoms with van der Waals surface area (Å²) >= 11 is 2.43. The molecule has 3 heteroatoms. The fourth-order valence-corrected chi connectivity index (χ4v) is 4.81. The highest BCUT2D eigenvalue weighted by Gasteiger charge is 2.57. The molecule has 0 N–H and O–H groups in total. The second-order valence-electron chi connectivity index (χ2n) is 6.63. The summed E-state index contributed by atoms with van der Waals surface area (Å²) in [6.45, 7) is 2.13. The maximum atomic E-state index is 6.61. The Kier molecular flexibility index (Phi) is 3.98. The molecular formula is C20H21IO2. The van der Waals surface area contributed by atoms with E-state index in [0.717, 1.165) is 19.3 Å². The minimum absolute atomic E-state index is 0.0417. The molecule has 0 radical (unpaired) electrons. The molecule has 2 aromatic rings. The second-order valence-corrected chi connectivity index (χ2v) is 8.24. The Morgan fingerprint density at radius 1 is 1.00 bits per heavy atom. The molecule has 120 valence electrons. The standard InChI is InChI=1S/C20H21IO2/c1-15-20(21,18-10-6-3-7-11-18)23-19(22-15)13-12-17(14-19)16-8-4-2-5-9-16/h2-11,15,17H,12-14H2,1H3/t15-,17+,19?,20-/m1/s1. The molecular weight excluding hydrogens is 399 g/mol. The summed E-state index contributed by atoms with van der Waals surface area (Å²) < 4.78 is 12.6. The summed E-state index contributed by atoms with van der Waals surface area (Å²) in [6.07, 6.45) is 3.08. The molecule has 1 aliphatic carbocycles. The fourth-order valence-electron chi connectivity index (χ4n) is 3.92. The first-order chi connectivity index (χ1) is 11.1. The van der Waals surface area contributed by atoms with Crippen LogP contribution in [0.2, 0.25) is 0 Å². The van der Waals surface area contributed by atoms with Crippen molar-refractivity contribution in [1.82, 2.24) is 0 Å². The average molecular weight is 420 g/mol. The Hall–Kier alpha value is -0.910. The van der Waals surface area contributed by atoms with Gasteiger partial charge < -0.3 is 9.47 Å². The monoisotopic (exact) mass is 420 g/mol. The van der Waals surface area contributed by atoms with Crippen molar-refractivity contribution < 1.29 is 9.47 Å². The van der Waals surface area contributed by atoms with Gasteiger partial charge in [0.25, 0.3) is 0 Å². The van der Waals surface area contributed by atoms with Crippen molar-refractivity contribution in [2.45, 2.75) is 47.6 Å². The van der Waals surface area contributed by atoms with Crippen LogP contribution in [0.5, 0.6) is 0 Å². The molecule has 2 aliphatic rings. The molecule has 1 heterocycles. The van der Waals surface area contributed by atoms with E-state index in [4.69, 9.17) is 9.47 Å². The third-order valence-corrected chi connectivity index (χ3v) is 6.84. The van der Waals surface area contributed by atoms with E-state index in [9.17, 15) is 0 Å². The second kappa shape index (κ2) is 5.87. The zero-order valence-electron chi connectivity index (χ0n) is 13.2. The normalized spacial score (nSPS) is 36.6. The predicted octanol–water partition coefficient (Wildman–Crippen LogP) is 5.37. The van der Waals surface area contributed by atoms with Crippen LogP contribution in [0.4, 0.5) is 0 Å². The first kappa shape index (κ1) is 15.6. The molecule has 0 bridgehead atoms. The van der Waals surface area contributed by atoms with Gasteiger partial charge in [-0.05, 0) is 53.0 Å². The zero-order valence-corrected chi connectivity index (χ0v) is 15.4. The highest BCUT2D eigenvalue weighted by Crippen LogP contribution is 2.56. The number of rotatable bonds is 2. The molecule has 0 amide bonds. The lowest BCUT2D eigenvalue weighted by Crippen LogP contribution is -2.30. The van der Waals surface area contributed by atoms with Crippen molar-refractivity contribution in [3.8, 4) is 0 Å². The van der Waals surface area contributed by atoms with Crippen LogP contribution in [0.3, 0.4) is 0 Å². The minimum atomic E-state index is -0.434. The third kappa shape index (κ3) is 2.73. The van der Waals surface area contributed by atoms with Crippen LogP contribution in [0.1, 0.15) is 43.2 Å². The van der Waals surface area contributed by atoms with E-state index in [-0.39, 0.29) is 6.10 Å². The fraction of sp³-hybridized carbons (Fsp3) is 0.400. The zero-order chi connectivity index (χ0) is 15.9. The van der Waals surface area contributed by atoms with E-state index < -0.39 is 9.39 Å². The number of hydrogen-bond donors (Lipinski definition) is 0. The predicted molar refractivity (Wildman–Crippen MR) is 99.5 cm³/mol. The summed E-state index contributed by atoms with van der Waals surface area (Å²) in [7, 11) is 0. The summed E-state index contributed by atoms with van der Waals surface area (Å²) in [5.74, 6) is 0.0923. The van der Waals surface area contributed by atoms with Crippen LogP contribution in [0.15, 0.2) is 60.7 Å². The van der Waals surface area contributed by atoms with E-state index in [1.165, 1.54) is 11.1 Å². The Morgan fingerprint density at radius 2 is 1.65 bits per heavy atom. The van der Waals surface area contributed by atoms with E-state index >= 15 is 0 Å². The van der Waals surface area contributed by atoms with Crippen LogP contribution < -0.4 is 0 Å². The number of benzene rings is 2. The van der Waals surface area contributed by atoms with Gasteiger partial charge in [-0.25, -0.2) is 0 Å². The molecule has 1 aliphatic heterocycles. The maximum Gasteiger partial charge on any atom is 0.173 e. The molecule has 2 aromatic carbocycles.